The number of aryl methyl sites for hydroxylation is 2. The summed E-state index contributed by atoms with van der Waals surface area (Å²) in [4.78, 5) is 24.9. The van der Waals surface area contributed by atoms with Crippen LogP contribution in [0.1, 0.15) is 32.9 Å². The van der Waals surface area contributed by atoms with Crippen molar-refractivity contribution in [1.29, 1.82) is 0 Å². The van der Waals surface area contributed by atoms with Crippen molar-refractivity contribution in [1.82, 2.24) is 23.8 Å². The quantitative estimate of drug-likeness (QED) is 0.404. The predicted octanol–water partition coefficient (Wildman–Crippen LogP) is 4.96. The smallest absolute Gasteiger partial charge is 0.257 e. The number of hydrogen-bond donors (Lipinski definition) is 0. The highest BCUT2D eigenvalue weighted by molar-refractivity contribution is 6.07. The molecule has 162 valence electrons. The molecule has 0 atom stereocenters. The van der Waals surface area contributed by atoms with Gasteiger partial charge in [-0.05, 0) is 48.7 Å². The Morgan fingerprint density at radius 2 is 1.52 bits per heavy atom. The zero-order valence-corrected chi connectivity index (χ0v) is 18.6. The summed E-state index contributed by atoms with van der Waals surface area (Å²) in [7, 11) is 0. The number of aromatic nitrogens is 4. The summed E-state index contributed by atoms with van der Waals surface area (Å²) in [6.45, 7) is 5.10. The second-order valence-corrected chi connectivity index (χ2v) is 8.60. The Bertz CT molecular complexity index is 1470. The maximum absolute atomic E-state index is 13.8. The highest BCUT2D eigenvalue weighted by Crippen LogP contribution is 2.33. The van der Waals surface area contributed by atoms with E-state index in [0.29, 0.717) is 19.0 Å². The van der Waals surface area contributed by atoms with Gasteiger partial charge in [-0.25, -0.2) is 9.97 Å². The first kappa shape index (κ1) is 19.5. The highest BCUT2D eigenvalue weighted by Gasteiger charge is 2.30. The van der Waals surface area contributed by atoms with E-state index in [1.165, 1.54) is 0 Å². The molecule has 0 fully saturated rings. The average molecular weight is 434 g/mol. The molecule has 5 aromatic rings. The molecule has 4 aromatic heterocycles. The van der Waals surface area contributed by atoms with Gasteiger partial charge in [0.15, 0.2) is 0 Å². The molecule has 0 aliphatic carbocycles. The summed E-state index contributed by atoms with van der Waals surface area (Å²) in [6, 6.07) is 18.0. The topological polar surface area (TPSA) is 55.4 Å². The highest BCUT2D eigenvalue weighted by atomic mass is 16.2. The van der Waals surface area contributed by atoms with Crippen molar-refractivity contribution in [2.75, 3.05) is 0 Å². The van der Waals surface area contributed by atoms with Gasteiger partial charge >= 0.3 is 0 Å². The van der Waals surface area contributed by atoms with Gasteiger partial charge in [0.2, 0.25) is 5.95 Å². The second kappa shape index (κ2) is 7.45. The molecule has 5 heterocycles. The van der Waals surface area contributed by atoms with Gasteiger partial charge in [0.05, 0.1) is 11.1 Å². The molecule has 0 radical (unpaired) electrons. The van der Waals surface area contributed by atoms with Crippen LogP contribution in [0.4, 0.5) is 0 Å². The Kier molecular flexibility index (Phi) is 4.40. The summed E-state index contributed by atoms with van der Waals surface area (Å²) in [5, 5.41) is 0. The number of rotatable bonds is 3. The number of carbonyl (C=O) groups is 1. The van der Waals surface area contributed by atoms with Gasteiger partial charge in [-0.3, -0.25) is 9.36 Å². The summed E-state index contributed by atoms with van der Waals surface area (Å²) < 4.78 is 4.00. The minimum absolute atomic E-state index is 0.0490. The van der Waals surface area contributed by atoms with Crippen LogP contribution in [0.2, 0.25) is 0 Å². The van der Waals surface area contributed by atoms with Crippen molar-refractivity contribution in [3.63, 3.8) is 0 Å². The molecule has 6 rings (SSSR count). The lowest BCUT2D eigenvalue weighted by Gasteiger charge is -2.17. The number of nitrogens with zero attached hydrogens (tertiary/aromatic N) is 5. The van der Waals surface area contributed by atoms with Crippen LogP contribution in [-0.4, -0.2) is 29.7 Å². The summed E-state index contributed by atoms with van der Waals surface area (Å²) in [6.07, 6.45) is 8.14. The van der Waals surface area contributed by atoms with Gasteiger partial charge in [0, 0.05) is 54.8 Å². The van der Waals surface area contributed by atoms with Crippen molar-refractivity contribution in [3.8, 4) is 17.1 Å². The van der Waals surface area contributed by atoms with E-state index in [2.05, 4.69) is 22.1 Å². The van der Waals surface area contributed by atoms with Crippen LogP contribution in [0.5, 0.6) is 0 Å². The summed E-state index contributed by atoms with van der Waals surface area (Å²) in [5.74, 6) is 0.720. The number of amides is 1. The lowest BCUT2D eigenvalue weighted by molar-refractivity contribution is 0.0753. The van der Waals surface area contributed by atoms with Gasteiger partial charge in [0.25, 0.3) is 5.91 Å². The van der Waals surface area contributed by atoms with E-state index in [1.807, 2.05) is 95.0 Å². The van der Waals surface area contributed by atoms with E-state index in [0.717, 1.165) is 44.7 Å². The van der Waals surface area contributed by atoms with Crippen LogP contribution in [0.25, 0.3) is 22.6 Å². The fraction of sp³-hybridized carbons (Fsp3) is 0.148. The van der Waals surface area contributed by atoms with Crippen LogP contribution in [-0.2, 0) is 13.1 Å². The van der Waals surface area contributed by atoms with Crippen LogP contribution in [0.15, 0.2) is 79.4 Å². The molecular formula is C27H23N5O. The van der Waals surface area contributed by atoms with E-state index >= 15 is 0 Å². The number of fused-ring (bicyclic) bond motifs is 2. The maximum Gasteiger partial charge on any atom is 0.257 e. The molecule has 6 heteroatoms. The number of hydrogen-bond acceptors (Lipinski definition) is 3. The standard InChI is InChI=1S/C27H23N5O/c1-18-12-19(2)29-27(28-18)32-15-21-13-31(14-22(21)16-32)26(33)25-23(20-8-4-3-5-9-20)17-30-11-7-6-10-24(25)30/h3-12,15-17H,13-14H2,1-2H3. The summed E-state index contributed by atoms with van der Waals surface area (Å²) >= 11 is 0. The molecule has 0 saturated carbocycles. The van der Waals surface area contributed by atoms with E-state index < -0.39 is 0 Å². The van der Waals surface area contributed by atoms with Crippen molar-refractivity contribution >= 4 is 11.4 Å². The first-order valence-electron chi connectivity index (χ1n) is 11.0. The second-order valence-electron chi connectivity index (χ2n) is 8.60. The minimum atomic E-state index is 0.0490. The Labute approximate surface area is 191 Å². The van der Waals surface area contributed by atoms with Gasteiger partial charge in [-0.2, -0.15) is 0 Å². The summed E-state index contributed by atoms with van der Waals surface area (Å²) in [5.41, 5.74) is 7.82. The van der Waals surface area contributed by atoms with Gasteiger partial charge in [-0.1, -0.05) is 36.4 Å². The lowest BCUT2D eigenvalue weighted by Crippen LogP contribution is -2.26. The van der Waals surface area contributed by atoms with Crippen LogP contribution in [0.3, 0.4) is 0 Å². The van der Waals surface area contributed by atoms with Gasteiger partial charge in [-0.15, -0.1) is 0 Å². The first-order valence-corrected chi connectivity index (χ1v) is 11.0. The third kappa shape index (κ3) is 3.31. The van der Waals surface area contributed by atoms with Crippen LogP contribution >= 0.6 is 0 Å². The number of pyridine rings is 1. The van der Waals surface area contributed by atoms with Crippen molar-refractivity contribution in [3.05, 3.63) is 107 Å². The SMILES string of the molecule is Cc1cc(C)nc(-n2cc3c(c2)CN(C(=O)c2c(-c4ccccc4)cn4ccccc24)C3)n1. The third-order valence-corrected chi connectivity index (χ3v) is 6.20. The molecular weight excluding hydrogens is 410 g/mol. The Morgan fingerprint density at radius 1 is 0.848 bits per heavy atom. The Hall–Kier alpha value is -4.19. The predicted molar refractivity (Wildman–Crippen MR) is 127 cm³/mol. The van der Waals surface area contributed by atoms with E-state index in [1.54, 1.807) is 0 Å². The molecule has 0 saturated heterocycles. The zero-order valence-electron chi connectivity index (χ0n) is 18.6. The fourth-order valence-electron chi connectivity index (χ4n) is 4.71. The normalized spacial score (nSPS) is 13.0. The van der Waals surface area contributed by atoms with E-state index in [4.69, 9.17) is 0 Å². The lowest BCUT2D eigenvalue weighted by atomic mass is 10.0. The van der Waals surface area contributed by atoms with E-state index in [9.17, 15) is 4.79 Å². The maximum atomic E-state index is 13.8. The van der Waals surface area contributed by atoms with Crippen LogP contribution in [0, 0.1) is 13.8 Å². The number of benzene rings is 1. The van der Waals surface area contributed by atoms with Crippen molar-refractivity contribution < 1.29 is 4.79 Å². The molecule has 1 aromatic carbocycles. The molecule has 0 N–H and O–H groups in total. The molecule has 0 spiro atoms. The Morgan fingerprint density at radius 3 is 2.21 bits per heavy atom. The average Bonchev–Trinajstić information content (AvgIpc) is 3.50. The molecule has 6 nitrogen and oxygen atoms in total. The Balaban J connectivity index is 1.35. The van der Waals surface area contributed by atoms with Crippen molar-refractivity contribution in [2.24, 2.45) is 0 Å². The molecule has 33 heavy (non-hydrogen) atoms. The molecule has 0 unspecified atom stereocenters. The van der Waals surface area contributed by atoms with E-state index in [-0.39, 0.29) is 5.91 Å². The van der Waals surface area contributed by atoms with Gasteiger partial charge in [0.1, 0.15) is 0 Å². The van der Waals surface area contributed by atoms with Crippen LogP contribution < -0.4 is 0 Å². The molecule has 0 bridgehead atoms. The molecule has 1 aliphatic rings. The third-order valence-electron chi connectivity index (χ3n) is 6.20. The minimum Gasteiger partial charge on any atom is -0.330 e. The van der Waals surface area contributed by atoms with Crippen molar-refractivity contribution in [2.45, 2.75) is 26.9 Å². The fourth-order valence-corrected chi connectivity index (χ4v) is 4.71. The van der Waals surface area contributed by atoms with Gasteiger partial charge < -0.3 is 9.30 Å². The largest absolute Gasteiger partial charge is 0.330 e. The number of carbonyl (C=O) groups excluding carboxylic acids is 1. The monoisotopic (exact) mass is 433 g/mol. The zero-order chi connectivity index (χ0) is 22.5. The molecule has 1 amide bonds. The first-order chi connectivity index (χ1) is 16.1. The molecule has 1 aliphatic heterocycles.